The molecule has 1 saturated heterocycles. The van der Waals surface area contributed by atoms with Crippen LogP contribution >= 0.6 is 0 Å². The first-order chi connectivity index (χ1) is 9.70. The number of ether oxygens (including phenoxy) is 1. The van der Waals surface area contributed by atoms with Crippen LogP contribution in [0.15, 0.2) is 36.4 Å². The summed E-state index contributed by atoms with van der Waals surface area (Å²) in [6.45, 7) is 0. The predicted molar refractivity (Wildman–Crippen MR) is 74.2 cm³/mol. The van der Waals surface area contributed by atoms with E-state index < -0.39 is 6.23 Å². The van der Waals surface area contributed by atoms with E-state index in [-0.39, 0.29) is 17.7 Å². The highest BCUT2D eigenvalue weighted by Crippen LogP contribution is 2.54. The number of amides is 1. The summed E-state index contributed by atoms with van der Waals surface area (Å²) in [5, 5.41) is 10.6. The molecule has 1 heterocycles. The van der Waals surface area contributed by atoms with Gasteiger partial charge in [-0.25, -0.2) is 0 Å². The fourth-order valence-electron chi connectivity index (χ4n) is 4.10. The molecule has 1 saturated carbocycles. The molecular weight excluding hydrogens is 254 g/mol. The third-order valence-electron chi connectivity index (χ3n) is 5.00. The number of hydrogen-bond donors (Lipinski definition) is 1. The van der Waals surface area contributed by atoms with Gasteiger partial charge in [-0.15, -0.1) is 0 Å². The van der Waals surface area contributed by atoms with Crippen molar-refractivity contribution in [1.82, 2.24) is 0 Å². The van der Waals surface area contributed by atoms with E-state index in [2.05, 4.69) is 12.2 Å². The topological polar surface area (TPSA) is 49.8 Å². The summed E-state index contributed by atoms with van der Waals surface area (Å²) in [6.07, 6.45) is 4.63. The Bertz CT molecular complexity index is 580. The first-order valence-corrected chi connectivity index (χ1v) is 7.04. The normalized spacial score (nSPS) is 37.6. The molecule has 1 aliphatic heterocycles. The van der Waals surface area contributed by atoms with Crippen molar-refractivity contribution in [2.45, 2.75) is 12.6 Å². The lowest BCUT2D eigenvalue weighted by molar-refractivity contribution is -0.121. The van der Waals surface area contributed by atoms with Crippen LogP contribution in [0.25, 0.3) is 0 Å². The van der Waals surface area contributed by atoms with Crippen molar-refractivity contribution in [1.29, 1.82) is 0 Å². The van der Waals surface area contributed by atoms with Gasteiger partial charge in [0.2, 0.25) is 5.91 Å². The van der Waals surface area contributed by atoms with Crippen LogP contribution in [-0.4, -0.2) is 24.4 Å². The van der Waals surface area contributed by atoms with Crippen LogP contribution in [0.1, 0.15) is 6.42 Å². The summed E-state index contributed by atoms with van der Waals surface area (Å²) >= 11 is 0. The van der Waals surface area contributed by atoms with Crippen LogP contribution in [0.5, 0.6) is 5.75 Å². The van der Waals surface area contributed by atoms with Crippen LogP contribution in [0.2, 0.25) is 0 Å². The third kappa shape index (κ3) is 1.43. The molecule has 1 N–H and O–H groups in total. The van der Waals surface area contributed by atoms with Gasteiger partial charge in [0.1, 0.15) is 12.0 Å². The minimum Gasteiger partial charge on any atom is -0.497 e. The second kappa shape index (κ2) is 4.09. The van der Waals surface area contributed by atoms with Gasteiger partial charge < -0.3 is 9.84 Å². The van der Waals surface area contributed by atoms with E-state index in [1.54, 1.807) is 12.0 Å². The number of benzene rings is 1. The zero-order valence-corrected chi connectivity index (χ0v) is 11.3. The maximum absolute atomic E-state index is 12.6. The number of carbonyl (C=O) groups excluding carboxylic acids is 1. The number of hydrogen-bond acceptors (Lipinski definition) is 3. The van der Waals surface area contributed by atoms with Crippen molar-refractivity contribution >= 4 is 11.6 Å². The molecule has 104 valence electrons. The van der Waals surface area contributed by atoms with Gasteiger partial charge in [-0.3, -0.25) is 9.69 Å². The maximum Gasteiger partial charge on any atom is 0.233 e. The molecule has 5 unspecified atom stereocenters. The summed E-state index contributed by atoms with van der Waals surface area (Å²) < 4.78 is 5.13. The fraction of sp³-hybridized carbons (Fsp3) is 0.438. The number of nitrogens with zero attached hydrogens (tertiary/aromatic N) is 1. The Labute approximate surface area is 117 Å². The van der Waals surface area contributed by atoms with Gasteiger partial charge in [0, 0.05) is 11.6 Å². The van der Waals surface area contributed by atoms with Crippen molar-refractivity contribution in [3.63, 3.8) is 0 Å². The number of aliphatic hydroxyl groups excluding tert-OH is 1. The summed E-state index contributed by atoms with van der Waals surface area (Å²) in [5.41, 5.74) is 0.747. The van der Waals surface area contributed by atoms with Gasteiger partial charge in [0.15, 0.2) is 0 Å². The highest BCUT2D eigenvalue weighted by atomic mass is 16.5. The van der Waals surface area contributed by atoms with Crippen molar-refractivity contribution in [2.24, 2.45) is 23.7 Å². The molecule has 0 spiro atoms. The molecule has 2 fully saturated rings. The Morgan fingerprint density at radius 3 is 2.55 bits per heavy atom. The van der Waals surface area contributed by atoms with Crippen LogP contribution in [0.4, 0.5) is 5.69 Å². The molecule has 1 aromatic rings. The molecule has 1 amide bonds. The zero-order chi connectivity index (χ0) is 13.9. The second-order valence-corrected chi connectivity index (χ2v) is 5.87. The summed E-state index contributed by atoms with van der Waals surface area (Å²) in [5.74, 6) is 1.49. The van der Waals surface area contributed by atoms with E-state index >= 15 is 0 Å². The fourth-order valence-corrected chi connectivity index (χ4v) is 4.10. The van der Waals surface area contributed by atoms with Crippen LogP contribution in [0.3, 0.4) is 0 Å². The van der Waals surface area contributed by atoms with E-state index in [0.717, 1.165) is 17.9 Å². The van der Waals surface area contributed by atoms with E-state index in [4.69, 9.17) is 4.74 Å². The number of allylic oxidation sites excluding steroid dienone is 2. The Hall–Kier alpha value is -1.81. The standard InChI is InChI=1S/C16H17NO3/c1-20-12-6-4-11(5-7-12)17-15(18)13-9-2-3-10(8-9)14(13)16(17)19/h2-7,9-10,13-15,18H,8H2,1H3. The van der Waals surface area contributed by atoms with Crippen LogP contribution in [0, 0.1) is 23.7 Å². The molecule has 5 atom stereocenters. The second-order valence-electron chi connectivity index (χ2n) is 5.87. The van der Waals surface area contributed by atoms with Crippen molar-refractivity contribution in [2.75, 3.05) is 12.0 Å². The molecule has 0 radical (unpaired) electrons. The highest BCUT2D eigenvalue weighted by Gasteiger charge is 2.59. The Balaban J connectivity index is 1.68. The summed E-state index contributed by atoms with van der Waals surface area (Å²) in [6, 6.07) is 7.29. The average molecular weight is 271 g/mol. The first-order valence-electron chi connectivity index (χ1n) is 7.04. The van der Waals surface area contributed by atoms with Crippen molar-refractivity contribution in [3.8, 4) is 5.75 Å². The first kappa shape index (κ1) is 12.0. The van der Waals surface area contributed by atoms with E-state index in [9.17, 15) is 9.90 Å². The monoisotopic (exact) mass is 271 g/mol. The van der Waals surface area contributed by atoms with Gasteiger partial charge in [-0.1, -0.05) is 12.2 Å². The molecule has 4 rings (SSSR count). The molecule has 1 aromatic carbocycles. The lowest BCUT2D eigenvalue weighted by Gasteiger charge is -2.25. The van der Waals surface area contributed by atoms with Crippen molar-refractivity contribution in [3.05, 3.63) is 36.4 Å². The number of rotatable bonds is 2. The molecule has 3 aliphatic rings. The van der Waals surface area contributed by atoms with Gasteiger partial charge in [0.25, 0.3) is 0 Å². The molecule has 4 heteroatoms. The van der Waals surface area contributed by atoms with E-state index in [1.165, 1.54) is 0 Å². The average Bonchev–Trinajstić information content (AvgIpc) is 3.14. The molecule has 2 aliphatic carbocycles. The minimum absolute atomic E-state index is 0.0397. The largest absolute Gasteiger partial charge is 0.497 e. The Morgan fingerprint density at radius 1 is 1.20 bits per heavy atom. The van der Waals surface area contributed by atoms with Crippen LogP contribution < -0.4 is 9.64 Å². The minimum atomic E-state index is -0.708. The SMILES string of the molecule is COc1ccc(N2C(=O)C3C4C=CC(C4)C3C2O)cc1. The molecule has 2 bridgehead atoms. The molecule has 0 aromatic heterocycles. The smallest absolute Gasteiger partial charge is 0.233 e. The highest BCUT2D eigenvalue weighted by molar-refractivity contribution is 5.99. The molecule has 20 heavy (non-hydrogen) atoms. The molecule has 4 nitrogen and oxygen atoms in total. The molecular formula is C16H17NO3. The van der Waals surface area contributed by atoms with E-state index in [1.807, 2.05) is 24.3 Å². The van der Waals surface area contributed by atoms with Gasteiger partial charge in [0.05, 0.1) is 13.0 Å². The van der Waals surface area contributed by atoms with Crippen molar-refractivity contribution < 1.29 is 14.6 Å². The summed E-state index contributed by atoms with van der Waals surface area (Å²) in [4.78, 5) is 14.2. The number of anilines is 1. The Kier molecular flexibility index (Phi) is 2.45. The quantitative estimate of drug-likeness (QED) is 0.834. The van der Waals surface area contributed by atoms with Gasteiger partial charge in [-0.05, 0) is 42.5 Å². The number of aliphatic hydroxyl groups is 1. The predicted octanol–water partition coefficient (Wildman–Crippen LogP) is 1.80. The summed E-state index contributed by atoms with van der Waals surface area (Å²) in [7, 11) is 1.61. The zero-order valence-electron chi connectivity index (χ0n) is 11.3. The van der Waals surface area contributed by atoms with Gasteiger partial charge >= 0.3 is 0 Å². The third-order valence-corrected chi connectivity index (χ3v) is 5.00. The number of methoxy groups -OCH3 is 1. The Morgan fingerprint density at radius 2 is 1.90 bits per heavy atom. The number of carbonyl (C=O) groups is 1. The maximum atomic E-state index is 12.6. The lowest BCUT2D eigenvalue weighted by atomic mass is 9.85. The van der Waals surface area contributed by atoms with E-state index in [0.29, 0.717) is 11.8 Å². The lowest BCUT2D eigenvalue weighted by Crippen LogP contribution is -2.36. The number of fused-ring (bicyclic) bond motifs is 5. The van der Waals surface area contributed by atoms with Gasteiger partial charge in [-0.2, -0.15) is 0 Å². The van der Waals surface area contributed by atoms with Crippen LogP contribution in [-0.2, 0) is 4.79 Å².